The van der Waals surface area contributed by atoms with Crippen LogP contribution >= 0.6 is 0 Å². The van der Waals surface area contributed by atoms with Crippen LogP contribution in [0.2, 0.25) is 0 Å². The van der Waals surface area contributed by atoms with Crippen LogP contribution in [0.5, 0.6) is 0 Å². The van der Waals surface area contributed by atoms with E-state index in [2.05, 4.69) is 22.4 Å². The van der Waals surface area contributed by atoms with Crippen molar-refractivity contribution in [3.05, 3.63) is 48.6 Å². The van der Waals surface area contributed by atoms with E-state index in [9.17, 15) is 9.59 Å². The highest BCUT2D eigenvalue weighted by Crippen LogP contribution is 2.36. The van der Waals surface area contributed by atoms with Crippen LogP contribution in [-0.2, 0) is 16.1 Å². The van der Waals surface area contributed by atoms with Gasteiger partial charge in [-0.1, -0.05) is 19.1 Å². The average molecular weight is 424 g/mol. The Bertz CT molecular complexity index is 1070. The van der Waals surface area contributed by atoms with Gasteiger partial charge in [-0.3, -0.25) is 14.5 Å². The molecule has 9 nitrogen and oxygen atoms in total. The maximum Gasteiger partial charge on any atom is 0.283 e. The molecule has 0 aliphatic carbocycles. The maximum absolute atomic E-state index is 13.4. The number of quaternary nitrogens is 1. The highest BCUT2D eigenvalue weighted by atomic mass is 16.4. The maximum atomic E-state index is 13.4. The van der Waals surface area contributed by atoms with Crippen LogP contribution in [0.25, 0.3) is 11.7 Å². The monoisotopic (exact) mass is 424 g/mol. The van der Waals surface area contributed by atoms with E-state index < -0.39 is 5.54 Å². The van der Waals surface area contributed by atoms with Gasteiger partial charge >= 0.3 is 0 Å². The lowest BCUT2D eigenvalue weighted by molar-refractivity contribution is -0.907. The Hall–Kier alpha value is -3.46. The largest absolute Gasteiger partial charge is 0.459 e. The molecular weight excluding hydrogens is 398 g/mol. The number of carbonyl (C=O) groups is 2. The molecular formula is C22H26N5O4+. The highest BCUT2D eigenvalue weighted by Gasteiger charge is 2.44. The van der Waals surface area contributed by atoms with Gasteiger partial charge in [0, 0.05) is 0 Å². The van der Waals surface area contributed by atoms with Crippen LogP contribution in [0.3, 0.4) is 0 Å². The Labute approximate surface area is 180 Å². The summed E-state index contributed by atoms with van der Waals surface area (Å²) >= 11 is 0. The summed E-state index contributed by atoms with van der Waals surface area (Å²) in [6, 6.07) is 10.8. The zero-order valence-corrected chi connectivity index (χ0v) is 17.8. The van der Waals surface area contributed by atoms with Crippen LogP contribution in [0.4, 0.5) is 11.4 Å². The number of fused-ring (bicyclic) bond motifs is 1. The van der Waals surface area contributed by atoms with Crippen LogP contribution in [0.15, 0.2) is 51.5 Å². The number of anilines is 2. The van der Waals surface area contributed by atoms with Crippen molar-refractivity contribution in [2.75, 3.05) is 23.3 Å². The van der Waals surface area contributed by atoms with Gasteiger partial charge < -0.3 is 19.1 Å². The summed E-state index contributed by atoms with van der Waals surface area (Å²) in [5.74, 6) is 0.895. The second-order valence-electron chi connectivity index (χ2n) is 8.09. The minimum atomic E-state index is -1.00. The summed E-state index contributed by atoms with van der Waals surface area (Å²) in [5, 5.41) is 11.0. The number of rotatable bonds is 7. The third-order valence-electron chi connectivity index (χ3n) is 5.36. The zero-order valence-electron chi connectivity index (χ0n) is 17.8. The molecule has 0 saturated heterocycles. The van der Waals surface area contributed by atoms with Gasteiger partial charge in [0.2, 0.25) is 5.91 Å². The van der Waals surface area contributed by atoms with E-state index in [0.29, 0.717) is 35.5 Å². The van der Waals surface area contributed by atoms with Crippen molar-refractivity contribution in [1.29, 1.82) is 0 Å². The number of amides is 2. The second kappa shape index (κ2) is 8.35. The van der Waals surface area contributed by atoms with Crippen LogP contribution in [0, 0.1) is 0 Å². The summed E-state index contributed by atoms with van der Waals surface area (Å²) in [6.07, 6.45) is 2.42. The molecule has 0 radical (unpaired) electrons. The van der Waals surface area contributed by atoms with E-state index in [0.717, 1.165) is 17.9 Å². The standard InChI is InChI=1S/C22H25N5O4/c1-4-11-26(13-18-24-25-20(31-18)17-10-7-12-30-17)14-19(28)27-16-9-6-5-8-15(16)23-21(29)22(27,2)3/h5-10,12H,4,11,13-14H2,1-3H3,(H,23,29)/p+1. The predicted molar refractivity (Wildman–Crippen MR) is 113 cm³/mol. The molecule has 0 saturated carbocycles. The molecule has 1 aromatic carbocycles. The Morgan fingerprint density at radius 1 is 1.19 bits per heavy atom. The third-order valence-corrected chi connectivity index (χ3v) is 5.36. The van der Waals surface area contributed by atoms with Crippen molar-refractivity contribution in [3.8, 4) is 11.7 Å². The third kappa shape index (κ3) is 4.09. The lowest BCUT2D eigenvalue weighted by atomic mass is 9.96. The van der Waals surface area contributed by atoms with Crippen LogP contribution < -0.4 is 15.1 Å². The lowest BCUT2D eigenvalue weighted by Crippen LogP contribution is -3.12. The molecule has 1 aliphatic heterocycles. The fourth-order valence-electron chi connectivity index (χ4n) is 3.82. The second-order valence-corrected chi connectivity index (χ2v) is 8.09. The van der Waals surface area contributed by atoms with E-state index in [1.54, 1.807) is 43.2 Å². The molecule has 2 aromatic heterocycles. The first-order valence-corrected chi connectivity index (χ1v) is 10.3. The fraction of sp³-hybridized carbons (Fsp3) is 0.364. The molecule has 3 aromatic rings. The van der Waals surface area contributed by atoms with Gasteiger partial charge in [-0.05, 0) is 44.5 Å². The first-order valence-electron chi connectivity index (χ1n) is 10.3. The summed E-state index contributed by atoms with van der Waals surface area (Å²) in [5.41, 5.74) is 0.336. The number of hydrogen-bond acceptors (Lipinski definition) is 6. The van der Waals surface area contributed by atoms with Gasteiger partial charge in [0.25, 0.3) is 17.7 Å². The average Bonchev–Trinajstić information content (AvgIpc) is 3.40. The van der Waals surface area contributed by atoms with Gasteiger partial charge in [0.15, 0.2) is 18.8 Å². The van der Waals surface area contributed by atoms with Crippen molar-refractivity contribution < 1.29 is 23.3 Å². The number of hydrogen-bond donors (Lipinski definition) is 2. The van der Waals surface area contributed by atoms with Crippen molar-refractivity contribution >= 4 is 23.2 Å². The minimum Gasteiger partial charge on any atom is -0.459 e. The summed E-state index contributed by atoms with van der Waals surface area (Å²) < 4.78 is 11.0. The van der Waals surface area contributed by atoms with E-state index >= 15 is 0 Å². The quantitative estimate of drug-likeness (QED) is 0.600. The SMILES string of the molecule is CCC[NH+](CC(=O)N1c2ccccc2NC(=O)C1(C)C)Cc1nnc(-c2ccco2)o1. The zero-order chi connectivity index (χ0) is 22.0. The number of carbonyl (C=O) groups excluding carboxylic acids is 2. The van der Waals surface area contributed by atoms with Crippen molar-refractivity contribution in [1.82, 2.24) is 10.2 Å². The van der Waals surface area contributed by atoms with Crippen LogP contribution in [0.1, 0.15) is 33.1 Å². The molecule has 3 heterocycles. The van der Waals surface area contributed by atoms with Crippen molar-refractivity contribution in [2.45, 2.75) is 39.3 Å². The number of para-hydroxylation sites is 2. The van der Waals surface area contributed by atoms with Gasteiger partial charge in [-0.15, -0.1) is 10.2 Å². The molecule has 0 bridgehead atoms. The summed E-state index contributed by atoms with van der Waals surface area (Å²) in [6.45, 7) is 6.89. The van der Waals surface area contributed by atoms with Crippen LogP contribution in [-0.4, -0.2) is 40.6 Å². The predicted octanol–water partition coefficient (Wildman–Crippen LogP) is 1.89. The minimum absolute atomic E-state index is 0.137. The van der Waals surface area contributed by atoms with E-state index in [1.807, 2.05) is 18.2 Å². The van der Waals surface area contributed by atoms with Gasteiger partial charge in [-0.25, -0.2) is 0 Å². The summed E-state index contributed by atoms with van der Waals surface area (Å²) in [4.78, 5) is 28.7. The molecule has 0 fully saturated rings. The smallest absolute Gasteiger partial charge is 0.283 e. The van der Waals surface area contributed by atoms with Crippen molar-refractivity contribution in [2.24, 2.45) is 0 Å². The molecule has 0 spiro atoms. The van der Waals surface area contributed by atoms with E-state index in [1.165, 1.54) is 0 Å². The highest BCUT2D eigenvalue weighted by molar-refractivity contribution is 6.14. The fourth-order valence-corrected chi connectivity index (χ4v) is 3.82. The summed E-state index contributed by atoms with van der Waals surface area (Å²) in [7, 11) is 0. The number of benzene rings is 1. The van der Waals surface area contributed by atoms with Gasteiger partial charge in [-0.2, -0.15) is 0 Å². The van der Waals surface area contributed by atoms with E-state index in [-0.39, 0.29) is 18.4 Å². The Balaban J connectivity index is 1.54. The van der Waals surface area contributed by atoms with E-state index in [4.69, 9.17) is 8.83 Å². The Kier molecular flexibility index (Phi) is 5.60. The number of furan rings is 1. The molecule has 1 unspecified atom stereocenters. The Morgan fingerprint density at radius 3 is 2.74 bits per heavy atom. The molecule has 1 atom stereocenters. The van der Waals surface area contributed by atoms with Gasteiger partial charge in [0.05, 0.1) is 24.2 Å². The molecule has 2 amide bonds. The molecule has 1 aliphatic rings. The van der Waals surface area contributed by atoms with Crippen molar-refractivity contribution in [3.63, 3.8) is 0 Å². The molecule has 9 heteroatoms. The number of nitrogens with zero attached hydrogens (tertiary/aromatic N) is 3. The number of aromatic nitrogens is 2. The molecule has 4 rings (SSSR count). The molecule has 31 heavy (non-hydrogen) atoms. The van der Waals surface area contributed by atoms with Gasteiger partial charge in [0.1, 0.15) is 5.54 Å². The molecule has 2 N–H and O–H groups in total. The number of nitrogens with one attached hydrogen (secondary N) is 2. The lowest BCUT2D eigenvalue weighted by Gasteiger charge is -2.42. The normalized spacial score (nSPS) is 16.0. The Morgan fingerprint density at radius 2 is 2.00 bits per heavy atom. The molecule has 162 valence electrons. The topological polar surface area (TPSA) is 106 Å². The first kappa shape index (κ1) is 20.8. The first-order chi connectivity index (χ1) is 14.9.